The van der Waals surface area contributed by atoms with Crippen LogP contribution in [0.3, 0.4) is 0 Å². The molecule has 0 bridgehead atoms. The summed E-state index contributed by atoms with van der Waals surface area (Å²) in [5.41, 5.74) is 6.05. The SMILES string of the molecule is CS(=O)(=O)c1ccc(CNC(=O)c2nc(N)n[nH]2)cc1. The summed E-state index contributed by atoms with van der Waals surface area (Å²) in [6.07, 6.45) is 1.14. The minimum Gasteiger partial charge on any atom is -0.366 e. The summed E-state index contributed by atoms with van der Waals surface area (Å²) in [5.74, 6) is -0.427. The molecule has 2 rings (SSSR count). The van der Waals surface area contributed by atoms with Crippen LogP contribution in [0.25, 0.3) is 0 Å². The number of carbonyl (C=O) groups excluding carboxylic acids is 1. The lowest BCUT2D eigenvalue weighted by atomic mass is 10.2. The van der Waals surface area contributed by atoms with E-state index in [2.05, 4.69) is 20.5 Å². The Hall–Kier alpha value is -2.42. The van der Waals surface area contributed by atoms with Crippen molar-refractivity contribution in [2.75, 3.05) is 12.0 Å². The lowest BCUT2D eigenvalue weighted by Crippen LogP contribution is -2.24. The number of H-pyrrole nitrogens is 1. The smallest absolute Gasteiger partial charge is 0.288 e. The first-order chi connectivity index (χ1) is 9.36. The van der Waals surface area contributed by atoms with E-state index < -0.39 is 15.7 Å². The molecule has 0 atom stereocenters. The van der Waals surface area contributed by atoms with Crippen LogP contribution in [0, 0.1) is 0 Å². The van der Waals surface area contributed by atoms with E-state index in [4.69, 9.17) is 5.73 Å². The Balaban J connectivity index is 1.99. The molecule has 1 heterocycles. The predicted octanol–water partition coefficient (Wildman–Crippen LogP) is -0.280. The largest absolute Gasteiger partial charge is 0.366 e. The van der Waals surface area contributed by atoms with E-state index in [0.29, 0.717) is 0 Å². The summed E-state index contributed by atoms with van der Waals surface area (Å²) < 4.78 is 22.6. The van der Waals surface area contributed by atoms with Gasteiger partial charge in [-0.15, -0.1) is 5.10 Å². The van der Waals surface area contributed by atoms with Gasteiger partial charge in [0.1, 0.15) is 0 Å². The first-order valence-electron chi connectivity index (χ1n) is 5.61. The van der Waals surface area contributed by atoms with Crippen LogP contribution in [0.2, 0.25) is 0 Å². The van der Waals surface area contributed by atoms with Crippen molar-refractivity contribution in [3.8, 4) is 0 Å². The maximum atomic E-state index is 11.7. The van der Waals surface area contributed by atoms with Crippen molar-refractivity contribution in [2.24, 2.45) is 0 Å². The number of aromatic nitrogens is 3. The topological polar surface area (TPSA) is 131 Å². The van der Waals surface area contributed by atoms with E-state index in [0.717, 1.165) is 11.8 Å². The fourth-order valence-corrected chi connectivity index (χ4v) is 2.13. The second-order valence-electron chi connectivity index (χ2n) is 4.14. The van der Waals surface area contributed by atoms with Crippen molar-refractivity contribution >= 4 is 21.7 Å². The summed E-state index contributed by atoms with van der Waals surface area (Å²) in [4.78, 5) is 15.6. The number of nitrogen functional groups attached to an aromatic ring is 1. The third-order valence-electron chi connectivity index (χ3n) is 2.52. The van der Waals surface area contributed by atoms with Gasteiger partial charge in [0, 0.05) is 12.8 Å². The highest BCUT2D eigenvalue weighted by Crippen LogP contribution is 2.10. The molecule has 0 aliphatic rings. The molecule has 0 spiro atoms. The molecule has 0 aliphatic carbocycles. The minimum atomic E-state index is -3.22. The van der Waals surface area contributed by atoms with Gasteiger partial charge in [-0.25, -0.2) is 8.42 Å². The minimum absolute atomic E-state index is 0.00680. The zero-order chi connectivity index (χ0) is 14.8. The molecule has 0 saturated heterocycles. The average Bonchev–Trinajstić information content (AvgIpc) is 2.82. The lowest BCUT2D eigenvalue weighted by molar-refractivity contribution is 0.0941. The first kappa shape index (κ1) is 14.0. The second-order valence-corrected chi connectivity index (χ2v) is 6.16. The van der Waals surface area contributed by atoms with Gasteiger partial charge < -0.3 is 11.1 Å². The Morgan fingerprint density at radius 3 is 2.50 bits per heavy atom. The number of rotatable bonds is 4. The maximum Gasteiger partial charge on any atom is 0.288 e. The molecule has 8 nitrogen and oxygen atoms in total. The number of amides is 1. The molecule has 2 aromatic rings. The number of anilines is 1. The molecule has 4 N–H and O–H groups in total. The fourth-order valence-electron chi connectivity index (χ4n) is 1.50. The standard InChI is InChI=1S/C11H13N5O3S/c1-20(18,19)8-4-2-7(3-5-8)6-13-10(17)9-14-11(12)16-15-9/h2-5H,6H2,1H3,(H,13,17)(H3,12,14,15,16). The molecule has 20 heavy (non-hydrogen) atoms. The van der Waals surface area contributed by atoms with Gasteiger partial charge in [-0.05, 0) is 17.7 Å². The molecule has 0 aliphatic heterocycles. The second kappa shape index (κ2) is 5.29. The third kappa shape index (κ3) is 3.32. The quantitative estimate of drug-likeness (QED) is 0.711. The van der Waals surface area contributed by atoms with Crippen molar-refractivity contribution < 1.29 is 13.2 Å². The van der Waals surface area contributed by atoms with E-state index in [-0.39, 0.29) is 23.2 Å². The van der Waals surface area contributed by atoms with Crippen LogP contribution in [0.4, 0.5) is 5.95 Å². The van der Waals surface area contributed by atoms with Crippen LogP contribution in [0.1, 0.15) is 16.2 Å². The van der Waals surface area contributed by atoms with Crippen LogP contribution in [-0.4, -0.2) is 35.8 Å². The van der Waals surface area contributed by atoms with Gasteiger partial charge in [0.25, 0.3) is 5.91 Å². The van der Waals surface area contributed by atoms with Crippen molar-refractivity contribution in [3.05, 3.63) is 35.7 Å². The monoisotopic (exact) mass is 295 g/mol. The van der Waals surface area contributed by atoms with E-state index in [1.807, 2.05) is 0 Å². The highest BCUT2D eigenvalue weighted by atomic mass is 32.2. The summed E-state index contributed by atoms with van der Waals surface area (Å²) in [7, 11) is -3.22. The summed E-state index contributed by atoms with van der Waals surface area (Å²) in [5, 5.41) is 8.55. The zero-order valence-electron chi connectivity index (χ0n) is 10.6. The van der Waals surface area contributed by atoms with E-state index in [1.165, 1.54) is 12.1 Å². The number of carbonyl (C=O) groups is 1. The summed E-state index contributed by atoms with van der Waals surface area (Å²) in [6.45, 7) is 0.240. The summed E-state index contributed by atoms with van der Waals surface area (Å²) >= 11 is 0. The van der Waals surface area contributed by atoms with E-state index in [9.17, 15) is 13.2 Å². The van der Waals surface area contributed by atoms with Crippen molar-refractivity contribution in [1.82, 2.24) is 20.5 Å². The Morgan fingerprint density at radius 2 is 2.00 bits per heavy atom. The van der Waals surface area contributed by atoms with Gasteiger partial charge in [-0.2, -0.15) is 4.98 Å². The molecule has 0 fully saturated rings. The Kier molecular flexibility index (Phi) is 3.70. The average molecular weight is 295 g/mol. The van der Waals surface area contributed by atoms with Crippen LogP contribution in [-0.2, 0) is 16.4 Å². The highest BCUT2D eigenvalue weighted by Gasteiger charge is 2.10. The molecule has 0 unspecified atom stereocenters. The number of nitrogens with zero attached hydrogens (tertiary/aromatic N) is 2. The van der Waals surface area contributed by atoms with Gasteiger partial charge >= 0.3 is 0 Å². The zero-order valence-corrected chi connectivity index (χ0v) is 11.4. The Labute approximate surface area is 115 Å². The molecule has 1 aromatic carbocycles. The fraction of sp³-hybridized carbons (Fsp3) is 0.182. The Morgan fingerprint density at radius 1 is 1.35 bits per heavy atom. The number of hydrogen-bond donors (Lipinski definition) is 3. The molecule has 106 valence electrons. The van der Waals surface area contributed by atoms with Crippen molar-refractivity contribution in [2.45, 2.75) is 11.4 Å². The molecule has 1 amide bonds. The van der Waals surface area contributed by atoms with Gasteiger partial charge in [-0.3, -0.25) is 9.89 Å². The molecule has 1 aromatic heterocycles. The molecule has 0 radical (unpaired) electrons. The van der Waals surface area contributed by atoms with Crippen molar-refractivity contribution in [1.29, 1.82) is 0 Å². The van der Waals surface area contributed by atoms with Crippen molar-refractivity contribution in [3.63, 3.8) is 0 Å². The molecular formula is C11H13N5O3S. The van der Waals surface area contributed by atoms with Gasteiger partial charge in [-0.1, -0.05) is 12.1 Å². The van der Waals surface area contributed by atoms with E-state index >= 15 is 0 Å². The van der Waals surface area contributed by atoms with Gasteiger partial charge in [0.15, 0.2) is 9.84 Å². The third-order valence-corrected chi connectivity index (χ3v) is 3.65. The number of nitrogens with one attached hydrogen (secondary N) is 2. The van der Waals surface area contributed by atoms with Crippen LogP contribution < -0.4 is 11.1 Å². The molecule has 0 saturated carbocycles. The maximum absolute atomic E-state index is 11.7. The number of nitrogens with two attached hydrogens (primary N) is 1. The number of benzene rings is 1. The lowest BCUT2D eigenvalue weighted by Gasteiger charge is -2.04. The number of aromatic amines is 1. The van der Waals surface area contributed by atoms with Crippen LogP contribution >= 0.6 is 0 Å². The molecular weight excluding hydrogens is 282 g/mol. The first-order valence-corrected chi connectivity index (χ1v) is 7.50. The van der Waals surface area contributed by atoms with Crippen LogP contribution in [0.5, 0.6) is 0 Å². The van der Waals surface area contributed by atoms with E-state index in [1.54, 1.807) is 12.1 Å². The highest BCUT2D eigenvalue weighted by molar-refractivity contribution is 7.90. The van der Waals surface area contributed by atoms with Gasteiger partial charge in [0.05, 0.1) is 4.90 Å². The normalized spacial score (nSPS) is 11.2. The number of hydrogen-bond acceptors (Lipinski definition) is 6. The molecule has 9 heteroatoms. The van der Waals surface area contributed by atoms with Crippen LogP contribution in [0.15, 0.2) is 29.2 Å². The van der Waals surface area contributed by atoms with Gasteiger partial charge in [0.2, 0.25) is 11.8 Å². The summed E-state index contributed by atoms with van der Waals surface area (Å²) in [6, 6.07) is 6.24. The number of sulfone groups is 1. The predicted molar refractivity (Wildman–Crippen MR) is 71.5 cm³/mol. The Bertz CT molecular complexity index is 721.